The summed E-state index contributed by atoms with van der Waals surface area (Å²) < 4.78 is 0. The van der Waals surface area contributed by atoms with Crippen molar-refractivity contribution in [2.45, 2.75) is 26.3 Å². The summed E-state index contributed by atoms with van der Waals surface area (Å²) >= 11 is 0. The van der Waals surface area contributed by atoms with Gasteiger partial charge >= 0.3 is 0 Å². The molecule has 1 heterocycles. The molecule has 0 aromatic heterocycles. The molecule has 0 bridgehead atoms. The first kappa shape index (κ1) is 13.4. The van der Waals surface area contributed by atoms with Crippen molar-refractivity contribution in [2.24, 2.45) is 0 Å². The van der Waals surface area contributed by atoms with Gasteiger partial charge < -0.3 is 16.0 Å². The summed E-state index contributed by atoms with van der Waals surface area (Å²) in [7, 11) is 0. The van der Waals surface area contributed by atoms with Gasteiger partial charge in [0, 0.05) is 24.3 Å². The highest BCUT2D eigenvalue weighted by Crippen LogP contribution is 2.22. The van der Waals surface area contributed by atoms with E-state index in [9.17, 15) is 9.59 Å². The molecule has 5 nitrogen and oxygen atoms in total. The summed E-state index contributed by atoms with van der Waals surface area (Å²) in [5.74, 6) is -0.289. The highest BCUT2D eigenvalue weighted by atomic mass is 16.2. The molecule has 102 valence electrons. The molecule has 0 unspecified atom stereocenters. The van der Waals surface area contributed by atoms with E-state index in [0.29, 0.717) is 24.3 Å². The van der Waals surface area contributed by atoms with Crippen LogP contribution in [0.15, 0.2) is 18.2 Å². The predicted octanol–water partition coefficient (Wildman–Crippen LogP) is 0.928. The summed E-state index contributed by atoms with van der Waals surface area (Å²) in [5.41, 5.74) is 6.95. The number of rotatable bonds is 1. The Bertz CT molecular complexity index is 517. The summed E-state index contributed by atoms with van der Waals surface area (Å²) in [6.45, 7) is 6.37. The lowest BCUT2D eigenvalue weighted by atomic mass is 9.97. The maximum Gasteiger partial charge on any atom is 0.254 e. The van der Waals surface area contributed by atoms with Gasteiger partial charge in [-0.25, -0.2) is 0 Å². The van der Waals surface area contributed by atoms with E-state index in [2.05, 4.69) is 5.32 Å². The Kier molecular flexibility index (Phi) is 3.22. The van der Waals surface area contributed by atoms with Crippen LogP contribution in [-0.4, -0.2) is 35.3 Å². The van der Waals surface area contributed by atoms with Crippen LogP contribution in [0.25, 0.3) is 0 Å². The van der Waals surface area contributed by atoms with Gasteiger partial charge in [0.25, 0.3) is 5.91 Å². The summed E-state index contributed by atoms with van der Waals surface area (Å²) in [6.07, 6.45) is 0. The number of nitrogens with one attached hydrogen (secondary N) is 1. The number of hydrogen-bond donors (Lipinski definition) is 2. The minimum Gasteiger partial charge on any atom is -0.399 e. The Morgan fingerprint density at radius 1 is 1.37 bits per heavy atom. The van der Waals surface area contributed by atoms with Crippen molar-refractivity contribution >= 4 is 17.5 Å². The lowest BCUT2D eigenvalue weighted by Gasteiger charge is -2.41. The van der Waals surface area contributed by atoms with Gasteiger partial charge in [-0.1, -0.05) is 0 Å². The van der Waals surface area contributed by atoms with Crippen molar-refractivity contribution < 1.29 is 9.59 Å². The van der Waals surface area contributed by atoms with Crippen LogP contribution in [0.1, 0.15) is 29.8 Å². The second kappa shape index (κ2) is 4.57. The minimum absolute atomic E-state index is 0.132. The second-order valence-corrected chi connectivity index (χ2v) is 5.40. The SMILES string of the molecule is Cc1cc(N)cc(C(=O)N2CCNC(=O)C2(C)C)c1. The maximum atomic E-state index is 12.6. The molecule has 0 spiro atoms. The molecule has 2 amide bonds. The molecule has 1 aliphatic rings. The number of nitrogens with two attached hydrogens (primary N) is 1. The highest BCUT2D eigenvalue weighted by Gasteiger charge is 2.40. The van der Waals surface area contributed by atoms with Crippen molar-refractivity contribution in [2.75, 3.05) is 18.8 Å². The first-order valence-corrected chi connectivity index (χ1v) is 6.30. The number of carbonyl (C=O) groups excluding carboxylic acids is 2. The molecule has 0 radical (unpaired) electrons. The first-order valence-electron chi connectivity index (χ1n) is 6.30. The summed E-state index contributed by atoms with van der Waals surface area (Å²) in [6, 6.07) is 5.25. The number of nitrogens with zero attached hydrogens (tertiary/aromatic N) is 1. The van der Waals surface area contributed by atoms with Gasteiger partial charge in [0.05, 0.1) is 0 Å². The molecule has 0 saturated carbocycles. The predicted molar refractivity (Wildman–Crippen MR) is 73.7 cm³/mol. The Balaban J connectivity index is 2.35. The van der Waals surface area contributed by atoms with Gasteiger partial charge in [0.1, 0.15) is 5.54 Å². The monoisotopic (exact) mass is 261 g/mol. The van der Waals surface area contributed by atoms with Gasteiger partial charge in [-0.05, 0) is 44.5 Å². The largest absolute Gasteiger partial charge is 0.399 e. The molecule has 0 aliphatic carbocycles. The molecule has 1 aliphatic heterocycles. The number of hydrogen-bond acceptors (Lipinski definition) is 3. The van der Waals surface area contributed by atoms with E-state index in [1.807, 2.05) is 13.0 Å². The number of anilines is 1. The molecule has 1 fully saturated rings. The third kappa shape index (κ3) is 2.41. The zero-order valence-electron chi connectivity index (χ0n) is 11.5. The molecule has 2 rings (SSSR count). The van der Waals surface area contributed by atoms with Gasteiger partial charge in [0.2, 0.25) is 5.91 Å². The zero-order chi connectivity index (χ0) is 14.2. The van der Waals surface area contributed by atoms with Crippen LogP contribution in [0, 0.1) is 6.92 Å². The molecule has 1 aromatic carbocycles. The minimum atomic E-state index is -0.839. The third-order valence-corrected chi connectivity index (χ3v) is 3.44. The smallest absolute Gasteiger partial charge is 0.254 e. The Morgan fingerprint density at radius 2 is 2.05 bits per heavy atom. The summed E-state index contributed by atoms with van der Waals surface area (Å²) in [4.78, 5) is 26.0. The molecule has 19 heavy (non-hydrogen) atoms. The number of benzene rings is 1. The van der Waals surface area contributed by atoms with E-state index in [-0.39, 0.29) is 11.8 Å². The van der Waals surface area contributed by atoms with Crippen LogP contribution in [0.4, 0.5) is 5.69 Å². The Labute approximate surface area is 112 Å². The average Bonchev–Trinajstić information content (AvgIpc) is 2.30. The molecule has 5 heteroatoms. The van der Waals surface area contributed by atoms with Crippen molar-refractivity contribution in [3.8, 4) is 0 Å². The molecule has 0 atom stereocenters. The van der Waals surface area contributed by atoms with E-state index in [1.54, 1.807) is 30.9 Å². The number of piperazine rings is 1. The van der Waals surface area contributed by atoms with Crippen LogP contribution in [0.5, 0.6) is 0 Å². The summed E-state index contributed by atoms with van der Waals surface area (Å²) in [5, 5.41) is 2.77. The number of carbonyl (C=O) groups is 2. The third-order valence-electron chi connectivity index (χ3n) is 3.44. The Hall–Kier alpha value is -2.04. The lowest BCUT2D eigenvalue weighted by molar-refractivity contribution is -0.133. The molecule has 1 aromatic rings. The van der Waals surface area contributed by atoms with E-state index < -0.39 is 5.54 Å². The van der Waals surface area contributed by atoms with Crippen molar-refractivity contribution in [1.82, 2.24) is 10.2 Å². The highest BCUT2D eigenvalue weighted by molar-refractivity contribution is 6.00. The lowest BCUT2D eigenvalue weighted by Crippen LogP contribution is -2.63. The fraction of sp³-hybridized carbons (Fsp3) is 0.429. The average molecular weight is 261 g/mol. The van der Waals surface area contributed by atoms with Gasteiger partial charge in [-0.15, -0.1) is 0 Å². The topological polar surface area (TPSA) is 75.4 Å². The van der Waals surface area contributed by atoms with E-state index in [4.69, 9.17) is 5.73 Å². The number of amides is 2. The zero-order valence-corrected chi connectivity index (χ0v) is 11.5. The quantitative estimate of drug-likeness (QED) is 0.738. The van der Waals surface area contributed by atoms with E-state index in [1.165, 1.54) is 0 Å². The standard InChI is InChI=1S/C14H19N3O2/c1-9-6-10(8-11(15)7-9)12(18)17-5-4-16-13(19)14(17,2)3/h6-8H,4-5,15H2,1-3H3,(H,16,19). The van der Waals surface area contributed by atoms with E-state index in [0.717, 1.165) is 5.56 Å². The fourth-order valence-corrected chi connectivity index (χ4v) is 2.35. The van der Waals surface area contributed by atoms with Crippen LogP contribution in [-0.2, 0) is 4.79 Å². The number of aryl methyl sites for hydroxylation is 1. The van der Waals surface area contributed by atoms with E-state index >= 15 is 0 Å². The maximum absolute atomic E-state index is 12.6. The van der Waals surface area contributed by atoms with Gasteiger partial charge in [-0.3, -0.25) is 9.59 Å². The second-order valence-electron chi connectivity index (χ2n) is 5.40. The fourth-order valence-electron chi connectivity index (χ4n) is 2.35. The van der Waals surface area contributed by atoms with Crippen molar-refractivity contribution in [1.29, 1.82) is 0 Å². The normalized spacial score (nSPS) is 18.1. The van der Waals surface area contributed by atoms with Crippen molar-refractivity contribution in [3.63, 3.8) is 0 Å². The first-order chi connectivity index (χ1) is 8.82. The van der Waals surface area contributed by atoms with Crippen LogP contribution >= 0.6 is 0 Å². The van der Waals surface area contributed by atoms with Crippen molar-refractivity contribution in [3.05, 3.63) is 29.3 Å². The van der Waals surface area contributed by atoms with Crippen LogP contribution in [0.2, 0.25) is 0 Å². The molecule has 1 saturated heterocycles. The number of nitrogen functional groups attached to an aromatic ring is 1. The molecular weight excluding hydrogens is 242 g/mol. The molecular formula is C14H19N3O2. The molecule has 3 N–H and O–H groups in total. The van der Waals surface area contributed by atoms with Gasteiger partial charge in [-0.2, -0.15) is 0 Å². The van der Waals surface area contributed by atoms with Crippen LogP contribution < -0.4 is 11.1 Å². The Morgan fingerprint density at radius 3 is 2.68 bits per heavy atom. The van der Waals surface area contributed by atoms with Gasteiger partial charge in [0.15, 0.2) is 0 Å². The van der Waals surface area contributed by atoms with Crippen LogP contribution in [0.3, 0.4) is 0 Å².